The van der Waals surface area contributed by atoms with Crippen LogP contribution in [-0.2, 0) is 11.3 Å². The number of rotatable bonds is 7. The van der Waals surface area contributed by atoms with E-state index in [0.717, 1.165) is 48.6 Å². The predicted octanol–water partition coefficient (Wildman–Crippen LogP) is 4.71. The van der Waals surface area contributed by atoms with Crippen LogP contribution in [0.3, 0.4) is 0 Å². The molecule has 2 fully saturated rings. The quantitative estimate of drug-likeness (QED) is 0.406. The summed E-state index contributed by atoms with van der Waals surface area (Å²) in [6.07, 6.45) is 8.68. The summed E-state index contributed by atoms with van der Waals surface area (Å²) in [5.74, 6) is 0.467. The van der Waals surface area contributed by atoms with Gasteiger partial charge in [0.05, 0.1) is 16.9 Å². The first-order chi connectivity index (χ1) is 17.0. The summed E-state index contributed by atoms with van der Waals surface area (Å²) >= 11 is 0.864. The highest BCUT2D eigenvalue weighted by Crippen LogP contribution is 2.27. The Hall–Kier alpha value is -3.50. The third-order valence-corrected chi connectivity index (χ3v) is 6.91. The van der Waals surface area contributed by atoms with Crippen LogP contribution in [0.2, 0.25) is 0 Å². The number of halogens is 1. The third-order valence-electron chi connectivity index (χ3n) is 6.10. The number of benzene rings is 1. The molecule has 3 aromatic rings. The SMILES string of the molecule is O=C1NC(=O)/C(=C/c2ccnc(NC3CCC(NCc4ccc(F)cc4-c4ccco4)CC3)n2)S1. The molecule has 1 aliphatic heterocycles. The topological polar surface area (TPSA) is 109 Å². The molecule has 5 rings (SSSR count). The van der Waals surface area contributed by atoms with E-state index < -0.39 is 5.91 Å². The fourth-order valence-electron chi connectivity index (χ4n) is 4.32. The second-order valence-corrected chi connectivity index (χ2v) is 9.52. The zero-order valence-corrected chi connectivity index (χ0v) is 19.6. The summed E-state index contributed by atoms with van der Waals surface area (Å²) < 4.78 is 19.3. The van der Waals surface area contributed by atoms with Gasteiger partial charge in [0.1, 0.15) is 11.6 Å². The lowest BCUT2D eigenvalue weighted by molar-refractivity contribution is -0.115. The van der Waals surface area contributed by atoms with Crippen molar-refractivity contribution in [2.45, 2.75) is 44.3 Å². The number of nitrogens with zero attached hydrogens (tertiary/aromatic N) is 2. The molecule has 0 unspecified atom stereocenters. The lowest BCUT2D eigenvalue weighted by Gasteiger charge is -2.30. The van der Waals surface area contributed by atoms with E-state index in [9.17, 15) is 14.0 Å². The van der Waals surface area contributed by atoms with Crippen molar-refractivity contribution in [3.05, 3.63) is 70.8 Å². The van der Waals surface area contributed by atoms with Crippen LogP contribution in [0, 0.1) is 5.82 Å². The van der Waals surface area contributed by atoms with Crippen LogP contribution in [-0.4, -0.2) is 33.2 Å². The van der Waals surface area contributed by atoms with Gasteiger partial charge < -0.3 is 15.1 Å². The van der Waals surface area contributed by atoms with Crippen LogP contribution in [0.25, 0.3) is 17.4 Å². The number of hydrogen-bond acceptors (Lipinski definition) is 8. The fraction of sp³-hybridized carbons (Fsp3) is 0.280. The lowest BCUT2D eigenvalue weighted by atomic mass is 9.91. The highest BCUT2D eigenvalue weighted by molar-refractivity contribution is 8.18. The third kappa shape index (κ3) is 5.77. The van der Waals surface area contributed by atoms with E-state index in [0.29, 0.717) is 34.9 Å². The summed E-state index contributed by atoms with van der Waals surface area (Å²) in [6, 6.07) is 10.7. The van der Waals surface area contributed by atoms with E-state index in [1.54, 1.807) is 36.7 Å². The number of nitrogens with one attached hydrogen (secondary N) is 3. The first kappa shape index (κ1) is 23.3. The Bertz CT molecular complexity index is 1260. The van der Waals surface area contributed by atoms with Crippen molar-refractivity contribution in [1.29, 1.82) is 0 Å². The number of imide groups is 1. The zero-order chi connectivity index (χ0) is 24.2. The summed E-state index contributed by atoms with van der Waals surface area (Å²) in [5, 5.41) is 8.85. The molecule has 2 amide bonds. The Balaban J connectivity index is 1.14. The van der Waals surface area contributed by atoms with E-state index in [-0.39, 0.29) is 17.1 Å². The first-order valence-corrected chi connectivity index (χ1v) is 12.3. The molecule has 1 saturated carbocycles. The number of thioether (sulfide) groups is 1. The van der Waals surface area contributed by atoms with Crippen LogP contribution in [0.4, 0.5) is 15.1 Å². The average molecular weight is 494 g/mol. The van der Waals surface area contributed by atoms with Crippen LogP contribution in [0.15, 0.2) is 58.2 Å². The second kappa shape index (κ2) is 10.4. The number of anilines is 1. The van der Waals surface area contributed by atoms with Crippen molar-refractivity contribution < 1.29 is 18.4 Å². The molecule has 3 N–H and O–H groups in total. The van der Waals surface area contributed by atoms with Crippen LogP contribution < -0.4 is 16.0 Å². The average Bonchev–Trinajstić information content (AvgIpc) is 3.49. The van der Waals surface area contributed by atoms with Crippen molar-refractivity contribution in [3.8, 4) is 11.3 Å². The van der Waals surface area contributed by atoms with E-state index in [1.807, 2.05) is 6.07 Å². The zero-order valence-electron chi connectivity index (χ0n) is 18.8. The molecule has 2 aromatic heterocycles. The molecule has 0 radical (unpaired) electrons. The predicted molar refractivity (Wildman–Crippen MR) is 132 cm³/mol. The van der Waals surface area contributed by atoms with Gasteiger partial charge in [-0.2, -0.15) is 0 Å². The van der Waals surface area contributed by atoms with E-state index >= 15 is 0 Å². The van der Waals surface area contributed by atoms with Gasteiger partial charge in [0.15, 0.2) is 0 Å². The summed E-state index contributed by atoms with van der Waals surface area (Å²) in [5.41, 5.74) is 2.33. The summed E-state index contributed by atoms with van der Waals surface area (Å²) in [7, 11) is 0. The van der Waals surface area contributed by atoms with Crippen molar-refractivity contribution >= 4 is 34.9 Å². The maximum atomic E-state index is 13.8. The van der Waals surface area contributed by atoms with Gasteiger partial charge in [-0.3, -0.25) is 14.9 Å². The van der Waals surface area contributed by atoms with E-state index in [2.05, 4.69) is 25.9 Å². The highest BCUT2D eigenvalue weighted by atomic mass is 32.2. The van der Waals surface area contributed by atoms with Crippen LogP contribution in [0.1, 0.15) is 36.9 Å². The number of amides is 2. The maximum Gasteiger partial charge on any atom is 0.290 e. The number of carbonyl (C=O) groups excluding carboxylic acids is 2. The molecule has 10 heteroatoms. The highest BCUT2D eigenvalue weighted by Gasteiger charge is 2.25. The van der Waals surface area contributed by atoms with Gasteiger partial charge in [0.2, 0.25) is 5.95 Å². The minimum Gasteiger partial charge on any atom is -0.464 e. The molecule has 1 aliphatic carbocycles. The molecule has 0 bridgehead atoms. The summed E-state index contributed by atoms with van der Waals surface area (Å²) in [6.45, 7) is 0.632. The minimum absolute atomic E-state index is 0.242. The molecule has 1 aromatic carbocycles. The van der Waals surface area contributed by atoms with Gasteiger partial charge in [-0.1, -0.05) is 6.07 Å². The van der Waals surface area contributed by atoms with Crippen LogP contribution >= 0.6 is 11.8 Å². The molecule has 3 heterocycles. The molecule has 180 valence electrons. The first-order valence-electron chi connectivity index (χ1n) is 11.4. The standard InChI is InChI=1S/C25H24FN5O3S/c26-16-4-3-15(20(12-16)21-2-1-11-34-21)14-28-17-5-7-18(8-6-17)29-24-27-10-9-19(30-24)13-22-23(32)31-25(33)35-22/h1-4,9-13,17-18,28H,5-8,14H2,(H,27,29,30)(H,31,32,33)/b22-13-. The molecule has 1 saturated heterocycles. The molecular weight excluding hydrogens is 469 g/mol. The Labute approximate surface area is 205 Å². The minimum atomic E-state index is -0.407. The molecular formula is C25H24FN5O3S. The number of aromatic nitrogens is 2. The Morgan fingerprint density at radius 3 is 2.71 bits per heavy atom. The number of hydrogen-bond donors (Lipinski definition) is 3. The fourth-order valence-corrected chi connectivity index (χ4v) is 4.99. The molecule has 0 spiro atoms. The second-order valence-electron chi connectivity index (χ2n) is 8.51. The number of carbonyl (C=O) groups is 2. The molecule has 2 aliphatic rings. The molecule has 8 nitrogen and oxygen atoms in total. The van der Waals surface area contributed by atoms with E-state index in [1.165, 1.54) is 12.1 Å². The number of furan rings is 1. The monoisotopic (exact) mass is 493 g/mol. The van der Waals surface area contributed by atoms with Crippen molar-refractivity contribution in [1.82, 2.24) is 20.6 Å². The molecule has 35 heavy (non-hydrogen) atoms. The Morgan fingerprint density at radius 1 is 1.14 bits per heavy atom. The smallest absolute Gasteiger partial charge is 0.290 e. The van der Waals surface area contributed by atoms with Gasteiger partial charge in [-0.15, -0.1) is 0 Å². The van der Waals surface area contributed by atoms with Gasteiger partial charge >= 0.3 is 0 Å². The van der Waals surface area contributed by atoms with Gasteiger partial charge in [0, 0.05) is 30.4 Å². The normalized spacial score (nSPS) is 21.3. The Morgan fingerprint density at radius 2 is 1.97 bits per heavy atom. The van der Waals surface area contributed by atoms with E-state index in [4.69, 9.17) is 4.42 Å². The lowest BCUT2D eigenvalue weighted by Crippen LogP contribution is -2.37. The Kier molecular flexibility index (Phi) is 6.91. The summed E-state index contributed by atoms with van der Waals surface area (Å²) in [4.78, 5) is 32.2. The van der Waals surface area contributed by atoms with Gasteiger partial charge in [0.25, 0.3) is 11.1 Å². The maximum absolute atomic E-state index is 13.8. The van der Waals surface area contributed by atoms with Gasteiger partial charge in [-0.05, 0) is 79.4 Å². The van der Waals surface area contributed by atoms with Crippen LogP contribution in [0.5, 0.6) is 0 Å². The largest absolute Gasteiger partial charge is 0.464 e. The van der Waals surface area contributed by atoms with Crippen molar-refractivity contribution in [2.24, 2.45) is 0 Å². The molecule has 0 atom stereocenters. The van der Waals surface area contributed by atoms with Crippen molar-refractivity contribution in [3.63, 3.8) is 0 Å². The van der Waals surface area contributed by atoms with Gasteiger partial charge in [-0.25, -0.2) is 14.4 Å². The van der Waals surface area contributed by atoms with Crippen molar-refractivity contribution in [2.75, 3.05) is 5.32 Å².